The Hall–Kier alpha value is 0.110. The molecule has 1 N–H and O–H groups in total. The van der Waals surface area contributed by atoms with Gasteiger partial charge in [0.05, 0.1) is 0 Å². The normalized spacial score (nSPS) is 26.4. The average molecular weight is 236 g/mol. The minimum absolute atomic E-state index is 0.104. The van der Waals surface area contributed by atoms with Crippen molar-refractivity contribution in [3.05, 3.63) is 0 Å². The third kappa shape index (κ3) is 4.09. The molecule has 1 aliphatic rings. The number of alkyl halides is 1. The molecule has 0 aromatic rings. The molecule has 2 atom stereocenters. The second-order valence-corrected chi connectivity index (χ2v) is 5.55. The monoisotopic (exact) mass is 235 g/mol. The van der Waals surface area contributed by atoms with Gasteiger partial charge in [0.2, 0.25) is 5.91 Å². The molecule has 1 rings (SSSR count). The van der Waals surface area contributed by atoms with Gasteiger partial charge in [-0.1, -0.05) is 6.92 Å². The van der Waals surface area contributed by atoms with Gasteiger partial charge in [0.15, 0.2) is 0 Å². The average Bonchev–Trinajstić information content (AvgIpc) is 2.53. The fourth-order valence-corrected chi connectivity index (χ4v) is 3.16. The molecule has 1 amide bonds. The van der Waals surface area contributed by atoms with Crippen LogP contribution in [-0.2, 0) is 4.79 Å². The van der Waals surface area contributed by atoms with Crippen molar-refractivity contribution < 1.29 is 4.79 Å². The number of thioether (sulfide) groups is 1. The first-order chi connectivity index (χ1) is 6.76. The minimum Gasteiger partial charge on any atom is -0.353 e. The highest BCUT2D eigenvalue weighted by Gasteiger charge is 2.25. The van der Waals surface area contributed by atoms with Gasteiger partial charge in [-0.3, -0.25) is 4.79 Å². The number of amides is 1. The Balaban J connectivity index is 2.18. The summed E-state index contributed by atoms with van der Waals surface area (Å²) in [5.74, 6) is 1.70. The highest BCUT2D eigenvalue weighted by atomic mass is 35.5. The van der Waals surface area contributed by atoms with Crippen molar-refractivity contribution in [2.45, 2.75) is 43.9 Å². The van der Waals surface area contributed by atoms with Gasteiger partial charge < -0.3 is 5.32 Å². The van der Waals surface area contributed by atoms with E-state index < -0.39 is 0 Å². The van der Waals surface area contributed by atoms with E-state index in [1.54, 1.807) is 0 Å². The zero-order valence-electron chi connectivity index (χ0n) is 8.59. The van der Waals surface area contributed by atoms with E-state index in [9.17, 15) is 4.79 Å². The first kappa shape index (κ1) is 12.2. The Morgan fingerprint density at radius 1 is 1.57 bits per heavy atom. The summed E-state index contributed by atoms with van der Waals surface area (Å²) in [7, 11) is 0. The van der Waals surface area contributed by atoms with Crippen LogP contribution < -0.4 is 5.32 Å². The summed E-state index contributed by atoms with van der Waals surface area (Å²) >= 11 is 7.50. The van der Waals surface area contributed by atoms with Crippen LogP contribution in [-0.4, -0.2) is 28.8 Å². The van der Waals surface area contributed by atoms with Crippen molar-refractivity contribution in [3.8, 4) is 0 Å². The number of hydrogen-bond acceptors (Lipinski definition) is 2. The molecule has 0 heterocycles. The van der Waals surface area contributed by atoms with Crippen molar-refractivity contribution in [2.75, 3.05) is 11.6 Å². The molecular formula is C10H18ClNOS. The van der Waals surface area contributed by atoms with Gasteiger partial charge in [-0.05, 0) is 25.0 Å². The molecule has 1 fully saturated rings. The quantitative estimate of drug-likeness (QED) is 0.742. The van der Waals surface area contributed by atoms with Crippen LogP contribution >= 0.6 is 23.4 Å². The van der Waals surface area contributed by atoms with Crippen LogP contribution in [0.3, 0.4) is 0 Å². The summed E-state index contributed by atoms with van der Waals surface area (Å²) in [4.78, 5) is 11.3. The highest BCUT2D eigenvalue weighted by molar-refractivity contribution is 7.99. The maximum atomic E-state index is 11.3. The van der Waals surface area contributed by atoms with Gasteiger partial charge in [0.25, 0.3) is 0 Å². The first-order valence-corrected chi connectivity index (χ1v) is 6.81. The third-order valence-electron chi connectivity index (χ3n) is 2.47. The molecular weight excluding hydrogens is 218 g/mol. The molecule has 0 spiro atoms. The third-order valence-corrected chi connectivity index (χ3v) is 3.90. The summed E-state index contributed by atoms with van der Waals surface area (Å²) in [6.45, 7) is 2.18. The lowest BCUT2D eigenvalue weighted by atomic mass is 10.2. The van der Waals surface area contributed by atoms with Crippen molar-refractivity contribution in [2.24, 2.45) is 0 Å². The summed E-state index contributed by atoms with van der Waals surface area (Å²) < 4.78 is 0. The molecule has 0 aromatic carbocycles. The molecule has 82 valence electrons. The molecule has 1 saturated carbocycles. The van der Waals surface area contributed by atoms with Crippen LogP contribution in [0, 0.1) is 0 Å². The SMILES string of the molecule is CCSC1CCC(NC(=O)CCCl)C1. The van der Waals surface area contributed by atoms with E-state index in [0.717, 1.165) is 18.1 Å². The van der Waals surface area contributed by atoms with Crippen molar-refractivity contribution in [3.63, 3.8) is 0 Å². The van der Waals surface area contributed by atoms with Gasteiger partial charge in [-0.2, -0.15) is 11.8 Å². The van der Waals surface area contributed by atoms with E-state index in [-0.39, 0.29) is 5.91 Å². The molecule has 14 heavy (non-hydrogen) atoms. The smallest absolute Gasteiger partial charge is 0.221 e. The van der Waals surface area contributed by atoms with Crippen LogP contribution in [0.15, 0.2) is 0 Å². The maximum Gasteiger partial charge on any atom is 0.221 e. The second-order valence-electron chi connectivity index (χ2n) is 3.59. The Kier molecular flexibility index (Phi) is 5.71. The predicted molar refractivity (Wildman–Crippen MR) is 63.0 cm³/mol. The van der Waals surface area contributed by atoms with Gasteiger partial charge in [-0.25, -0.2) is 0 Å². The van der Waals surface area contributed by atoms with Crippen LogP contribution in [0.5, 0.6) is 0 Å². The van der Waals surface area contributed by atoms with Gasteiger partial charge >= 0.3 is 0 Å². The summed E-state index contributed by atoms with van der Waals surface area (Å²) in [5, 5.41) is 3.78. The molecule has 0 saturated heterocycles. The fourth-order valence-electron chi connectivity index (χ4n) is 1.84. The molecule has 2 unspecified atom stereocenters. The van der Waals surface area contributed by atoms with Crippen molar-refractivity contribution in [1.29, 1.82) is 0 Å². The zero-order valence-corrected chi connectivity index (χ0v) is 10.2. The fraction of sp³-hybridized carbons (Fsp3) is 0.900. The number of carbonyl (C=O) groups excluding carboxylic acids is 1. The van der Waals surface area contributed by atoms with Crippen LogP contribution in [0.1, 0.15) is 32.6 Å². The van der Waals surface area contributed by atoms with Gasteiger partial charge in [0, 0.05) is 23.6 Å². The van der Waals surface area contributed by atoms with Crippen molar-refractivity contribution >= 4 is 29.3 Å². The van der Waals surface area contributed by atoms with E-state index in [1.807, 2.05) is 11.8 Å². The molecule has 0 aromatic heterocycles. The summed E-state index contributed by atoms with van der Waals surface area (Å²) in [6.07, 6.45) is 3.95. The Labute approximate surface area is 95.2 Å². The molecule has 2 nitrogen and oxygen atoms in total. The van der Waals surface area contributed by atoms with E-state index in [0.29, 0.717) is 18.3 Å². The summed E-state index contributed by atoms with van der Waals surface area (Å²) in [6, 6.07) is 0.398. The lowest BCUT2D eigenvalue weighted by Crippen LogP contribution is -2.33. The first-order valence-electron chi connectivity index (χ1n) is 5.23. The molecule has 0 bridgehead atoms. The predicted octanol–water partition coefficient (Wildman–Crippen LogP) is 2.41. The van der Waals surface area contributed by atoms with E-state index in [2.05, 4.69) is 12.2 Å². The van der Waals surface area contributed by atoms with Crippen molar-refractivity contribution in [1.82, 2.24) is 5.32 Å². The van der Waals surface area contributed by atoms with E-state index in [4.69, 9.17) is 11.6 Å². The molecule has 0 aliphatic heterocycles. The Morgan fingerprint density at radius 3 is 3.00 bits per heavy atom. The highest BCUT2D eigenvalue weighted by Crippen LogP contribution is 2.29. The van der Waals surface area contributed by atoms with E-state index in [1.165, 1.54) is 12.2 Å². The number of halogens is 1. The molecule has 4 heteroatoms. The summed E-state index contributed by atoms with van der Waals surface area (Å²) in [5.41, 5.74) is 0. The molecule has 1 aliphatic carbocycles. The lowest BCUT2D eigenvalue weighted by Gasteiger charge is -2.12. The van der Waals surface area contributed by atoms with Gasteiger partial charge in [-0.15, -0.1) is 11.6 Å². The number of carbonyl (C=O) groups is 1. The van der Waals surface area contributed by atoms with Crippen LogP contribution in [0.4, 0.5) is 0 Å². The zero-order chi connectivity index (χ0) is 10.4. The maximum absolute atomic E-state index is 11.3. The largest absolute Gasteiger partial charge is 0.353 e. The second kappa shape index (κ2) is 6.57. The number of rotatable bonds is 5. The topological polar surface area (TPSA) is 29.1 Å². The lowest BCUT2D eigenvalue weighted by molar-refractivity contribution is -0.121. The van der Waals surface area contributed by atoms with Crippen LogP contribution in [0.2, 0.25) is 0 Å². The van der Waals surface area contributed by atoms with E-state index >= 15 is 0 Å². The van der Waals surface area contributed by atoms with Gasteiger partial charge in [0.1, 0.15) is 0 Å². The number of hydrogen-bond donors (Lipinski definition) is 1. The Bertz CT molecular complexity index is 189. The minimum atomic E-state index is 0.104. The standard InChI is InChI=1S/C10H18ClNOS/c1-2-14-9-4-3-8(7-9)12-10(13)5-6-11/h8-9H,2-7H2,1H3,(H,12,13). The Morgan fingerprint density at radius 2 is 2.36 bits per heavy atom. The molecule has 0 radical (unpaired) electrons. The van der Waals surface area contributed by atoms with Crippen LogP contribution in [0.25, 0.3) is 0 Å². The number of nitrogens with one attached hydrogen (secondary N) is 1.